The third-order valence-electron chi connectivity index (χ3n) is 2.91. The monoisotopic (exact) mass is 382 g/mol. The first-order valence-electron chi connectivity index (χ1n) is 5.75. The first-order chi connectivity index (χ1) is 9.02. The van der Waals surface area contributed by atoms with Crippen LogP contribution in [0, 0.1) is 3.57 Å². The molecule has 0 radical (unpaired) electrons. The quantitative estimate of drug-likeness (QED) is 0.525. The number of hydrogen-bond acceptors (Lipinski definition) is 6. The highest BCUT2D eigenvalue weighted by atomic mass is 127. The summed E-state index contributed by atoms with van der Waals surface area (Å²) in [7, 11) is 0. The average Bonchev–Trinajstić information content (AvgIpc) is 2.42. The number of ether oxygens (including phenoxy) is 2. The summed E-state index contributed by atoms with van der Waals surface area (Å²) in [6.07, 6.45) is -6.31. The Morgan fingerprint density at radius 3 is 2.26 bits per heavy atom. The van der Waals surface area contributed by atoms with E-state index in [9.17, 15) is 15.3 Å². The summed E-state index contributed by atoms with van der Waals surface area (Å²) < 4.78 is 11.7. The van der Waals surface area contributed by atoms with Crippen LogP contribution in [0.5, 0.6) is 5.75 Å². The van der Waals surface area contributed by atoms with Crippen LogP contribution in [0.25, 0.3) is 0 Å². The molecule has 0 bridgehead atoms. The molecule has 1 heterocycles. The Morgan fingerprint density at radius 1 is 1.05 bits per heavy atom. The summed E-state index contributed by atoms with van der Waals surface area (Å²) in [6.45, 7) is -0.475. The maximum Gasteiger partial charge on any atom is 0.229 e. The van der Waals surface area contributed by atoms with Crippen molar-refractivity contribution in [2.45, 2.75) is 30.7 Å². The van der Waals surface area contributed by atoms with Crippen LogP contribution < -0.4 is 4.74 Å². The Bertz CT molecular complexity index is 409. The molecule has 19 heavy (non-hydrogen) atoms. The number of hydrogen-bond donors (Lipinski definition) is 4. The van der Waals surface area contributed by atoms with Gasteiger partial charge in [0.2, 0.25) is 6.29 Å². The second-order valence-electron chi connectivity index (χ2n) is 4.27. The lowest BCUT2D eigenvalue weighted by molar-refractivity contribution is -0.277. The molecule has 0 saturated carbocycles. The van der Waals surface area contributed by atoms with Gasteiger partial charge < -0.3 is 29.9 Å². The molecule has 6 nitrogen and oxygen atoms in total. The average molecular weight is 382 g/mol. The van der Waals surface area contributed by atoms with E-state index >= 15 is 0 Å². The van der Waals surface area contributed by atoms with Crippen molar-refractivity contribution in [2.24, 2.45) is 0 Å². The zero-order valence-corrected chi connectivity index (χ0v) is 12.0. The van der Waals surface area contributed by atoms with Crippen molar-refractivity contribution < 1.29 is 29.9 Å². The van der Waals surface area contributed by atoms with Gasteiger partial charge in [-0.2, -0.15) is 0 Å². The van der Waals surface area contributed by atoms with E-state index in [1.54, 1.807) is 12.1 Å². The van der Waals surface area contributed by atoms with Crippen LogP contribution in [0.4, 0.5) is 0 Å². The molecule has 1 fully saturated rings. The second-order valence-corrected chi connectivity index (χ2v) is 5.51. The van der Waals surface area contributed by atoms with Crippen molar-refractivity contribution >= 4 is 22.6 Å². The predicted octanol–water partition coefficient (Wildman–Crippen LogP) is -0.530. The summed E-state index contributed by atoms with van der Waals surface area (Å²) >= 11 is 2.14. The largest absolute Gasteiger partial charge is 0.462 e. The van der Waals surface area contributed by atoms with Gasteiger partial charge >= 0.3 is 0 Å². The summed E-state index contributed by atoms with van der Waals surface area (Å²) in [5, 5.41) is 38.1. The van der Waals surface area contributed by atoms with Crippen LogP contribution in [0.2, 0.25) is 0 Å². The maximum absolute atomic E-state index is 9.79. The van der Waals surface area contributed by atoms with Crippen molar-refractivity contribution in [3.05, 3.63) is 27.8 Å². The van der Waals surface area contributed by atoms with Crippen molar-refractivity contribution in [2.75, 3.05) is 6.61 Å². The van der Waals surface area contributed by atoms with Crippen LogP contribution in [0.1, 0.15) is 0 Å². The van der Waals surface area contributed by atoms with E-state index < -0.39 is 37.3 Å². The number of aliphatic hydroxyl groups is 4. The van der Waals surface area contributed by atoms with Crippen molar-refractivity contribution in [3.8, 4) is 5.75 Å². The molecule has 0 spiro atoms. The molecule has 2 rings (SSSR count). The highest BCUT2D eigenvalue weighted by Gasteiger charge is 2.44. The molecular formula is C12H15IO6. The topological polar surface area (TPSA) is 99.4 Å². The standard InChI is InChI=1S/C12H15IO6/c13-6-1-3-7(4-2-6)18-12-11(17)10(16)9(15)8(5-14)19-12/h1-4,8-12,14-17H,5H2/t8-,9-,10+,11-,12-/m1/s1. The lowest BCUT2D eigenvalue weighted by Gasteiger charge is -2.39. The summed E-state index contributed by atoms with van der Waals surface area (Å²) in [4.78, 5) is 0. The van der Waals surface area contributed by atoms with Gasteiger partial charge in [-0.15, -0.1) is 0 Å². The van der Waals surface area contributed by atoms with Crippen molar-refractivity contribution in [1.82, 2.24) is 0 Å². The molecule has 1 aromatic rings. The van der Waals surface area contributed by atoms with Gasteiger partial charge in [0.25, 0.3) is 0 Å². The van der Waals surface area contributed by atoms with Gasteiger partial charge in [-0.1, -0.05) is 0 Å². The van der Waals surface area contributed by atoms with E-state index in [-0.39, 0.29) is 0 Å². The fourth-order valence-electron chi connectivity index (χ4n) is 1.81. The Labute approximate surface area is 123 Å². The Kier molecular flexibility index (Phi) is 4.98. The number of halogens is 1. The van der Waals surface area contributed by atoms with Gasteiger partial charge in [-0.25, -0.2) is 0 Å². The van der Waals surface area contributed by atoms with Crippen LogP contribution in [0.15, 0.2) is 24.3 Å². The fraction of sp³-hybridized carbons (Fsp3) is 0.500. The minimum Gasteiger partial charge on any atom is -0.462 e. The highest BCUT2D eigenvalue weighted by Crippen LogP contribution is 2.24. The molecule has 0 aromatic heterocycles. The molecule has 1 saturated heterocycles. The van der Waals surface area contributed by atoms with Gasteiger partial charge in [0.1, 0.15) is 30.2 Å². The second kappa shape index (κ2) is 6.33. The molecule has 106 valence electrons. The van der Waals surface area contributed by atoms with Crippen LogP contribution in [-0.2, 0) is 4.74 Å². The number of benzene rings is 1. The molecule has 1 aliphatic heterocycles. The Morgan fingerprint density at radius 2 is 1.68 bits per heavy atom. The normalized spacial score (nSPS) is 35.1. The Hall–Kier alpha value is -0.450. The van der Waals surface area contributed by atoms with Gasteiger partial charge in [0, 0.05) is 3.57 Å². The number of aliphatic hydroxyl groups excluding tert-OH is 4. The smallest absolute Gasteiger partial charge is 0.229 e. The van der Waals surface area contributed by atoms with E-state index in [0.717, 1.165) is 3.57 Å². The minimum atomic E-state index is -1.43. The van der Waals surface area contributed by atoms with E-state index in [1.165, 1.54) is 0 Å². The minimum absolute atomic E-state index is 0.463. The lowest BCUT2D eigenvalue weighted by Crippen LogP contribution is -2.60. The van der Waals surface area contributed by atoms with Crippen molar-refractivity contribution in [3.63, 3.8) is 0 Å². The first-order valence-corrected chi connectivity index (χ1v) is 6.83. The molecule has 0 amide bonds. The Balaban J connectivity index is 2.08. The van der Waals surface area contributed by atoms with E-state index in [4.69, 9.17) is 14.6 Å². The molecule has 1 aromatic carbocycles. The van der Waals surface area contributed by atoms with E-state index in [1.807, 2.05) is 12.1 Å². The lowest BCUT2D eigenvalue weighted by atomic mass is 9.99. The molecule has 4 N–H and O–H groups in total. The zero-order valence-electron chi connectivity index (χ0n) is 9.89. The molecule has 1 aliphatic rings. The third-order valence-corrected chi connectivity index (χ3v) is 3.63. The van der Waals surface area contributed by atoms with Crippen molar-refractivity contribution in [1.29, 1.82) is 0 Å². The van der Waals surface area contributed by atoms with E-state index in [0.29, 0.717) is 5.75 Å². The van der Waals surface area contributed by atoms with Gasteiger partial charge in [0.15, 0.2) is 0 Å². The molecular weight excluding hydrogens is 367 g/mol. The number of rotatable bonds is 3. The fourth-order valence-corrected chi connectivity index (χ4v) is 2.17. The SMILES string of the molecule is OC[C@H]1O[C@@H](Oc2ccc(I)cc2)[C@H](O)[C@@H](O)[C@@H]1O. The summed E-state index contributed by atoms with van der Waals surface area (Å²) in [5.74, 6) is 0.463. The van der Waals surface area contributed by atoms with Gasteiger partial charge in [-0.05, 0) is 46.9 Å². The molecule has 5 atom stereocenters. The van der Waals surface area contributed by atoms with E-state index in [2.05, 4.69) is 22.6 Å². The zero-order chi connectivity index (χ0) is 14.0. The summed E-state index contributed by atoms with van der Waals surface area (Å²) in [6, 6.07) is 7.03. The van der Waals surface area contributed by atoms with Gasteiger partial charge in [0.05, 0.1) is 6.61 Å². The molecule has 7 heteroatoms. The first kappa shape index (κ1) is 14.9. The molecule has 0 aliphatic carbocycles. The predicted molar refractivity (Wildman–Crippen MR) is 73.6 cm³/mol. The van der Waals surface area contributed by atoms with Crippen LogP contribution in [-0.4, -0.2) is 57.7 Å². The molecule has 0 unspecified atom stereocenters. The van der Waals surface area contributed by atoms with Crippen LogP contribution in [0.3, 0.4) is 0 Å². The van der Waals surface area contributed by atoms with Gasteiger partial charge in [-0.3, -0.25) is 0 Å². The maximum atomic E-state index is 9.79. The summed E-state index contributed by atoms with van der Waals surface area (Å²) in [5.41, 5.74) is 0. The highest BCUT2D eigenvalue weighted by molar-refractivity contribution is 14.1. The van der Waals surface area contributed by atoms with Crippen LogP contribution >= 0.6 is 22.6 Å². The third kappa shape index (κ3) is 3.36.